The second kappa shape index (κ2) is 8.41. The number of rotatable bonds is 7. The number of hydrogen-bond donors (Lipinski definition) is 1. The van der Waals surface area contributed by atoms with Crippen LogP contribution in [0.2, 0.25) is 0 Å². The van der Waals surface area contributed by atoms with Gasteiger partial charge in [-0.2, -0.15) is 0 Å². The van der Waals surface area contributed by atoms with Crippen molar-refractivity contribution in [1.29, 1.82) is 0 Å². The van der Waals surface area contributed by atoms with Crippen LogP contribution in [0.5, 0.6) is 0 Å². The number of nitrogens with zero attached hydrogens (tertiary/aromatic N) is 3. The summed E-state index contributed by atoms with van der Waals surface area (Å²) >= 11 is 1.45. The Balaban J connectivity index is 1.45. The molecule has 0 bridgehead atoms. The minimum absolute atomic E-state index is 0.0429. The highest BCUT2D eigenvalue weighted by atomic mass is 32.2. The molecule has 1 aliphatic rings. The molecule has 1 aliphatic carbocycles. The molecule has 1 saturated carbocycles. The van der Waals surface area contributed by atoms with Gasteiger partial charge in [0.25, 0.3) is 0 Å². The molecule has 1 fully saturated rings. The number of carbonyl (C=O) groups excluding carboxylic acids is 1. The Morgan fingerprint density at radius 1 is 1.14 bits per heavy atom. The Morgan fingerprint density at radius 2 is 1.93 bits per heavy atom. The van der Waals surface area contributed by atoms with E-state index < -0.39 is 0 Å². The standard InChI is InChI=1S/C23H26N4OS/c1-3-27-21(18-10-7-9-17(2)15-18)25-26-22(27)29-16-20(28)24-23(13-8-14-23)19-11-5-4-6-12-19/h4-7,9-12,15H,3,8,13-14,16H2,1-2H3,(H,24,28). The number of amides is 1. The Bertz CT molecular complexity index is 995. The van der Waals surface area contributed by atoms with Gasteiger partial charge in [-0.1, -0.05) is 65.9 Å². The molecule has 1 aromatic heterocycles. The van der Waals surface area contributed by atoms with Crippen molar-refractivity contribution in [3.63, 3.8) is 0 Å². The van der Waals surface area contributed by atoms with E-state index in [0.717, 1.165) is 42.4 Å². The molecule has 0 unspecified atom stereocenters. The molecule has 1 heterocycles. The lowest BCUT2D eigenvalue weighted by molar-refractivity contribution is -0.121. The van der Waals surface area contributed by atoms with E-state index in [1.54, 1.807) is 0 Å². The summed E-state index contributed by atoms with van der Waals surface area (Å²) in [5, 5.41) is 12.8. The molecule has 2 aromatic carbocycles. The Labute approximate surface area is 175 Å². The van der Waals surface area contributed by atoms with Crippen LogP contribution in [-0.2, 0) is 16.9 Å². The zero-order valence-corrected chi connectivity index (χ0v) is 17.7. The summed E-state index contributed by atoms with van der Waals surface area (Å²) in [5.41, 5.74) is 3.23. The summed E-state index contributed by atoms with van der Waals surface area (Å²) in [4.78, 5) is 12.7. The second-order valence-electron chi connectivity index (χ2n) is 7.56. The molecule has 5 nitrogen and oxygen atoms in total. The molecule has 1 N–H and O–H groups in total. The number of hydrogen-bond acceptors (Lipinski definition) is 4. The summed E-state index contributed by atoms with van der Waals surface area (Å²) in [5.74, 6) is 1.22. The van der Waals surface area contributed by atoms with Crippen LogP contribution in [0, 0.1) is 6.92 Å². The largest absolute Gasteiger partial charge is 0.346 e. The number of nitrogens with one attached hydrogen (secondary N) is 1. The van der Waals surface area contributed by atoms with Crippen LogP contribution in [0.3, 0.4) is 0 Å². The van der Waals surface area contributed by atoms with Gasteiger partial charge in [-0.3, -0.25) is 4.79 Å². The highest BCUT2D eigenvalue weighted by molar-refractivity contribution is 7.99. The van der Waals surface area contributed by atoms with Crippen LogP contribution in [0.1, 0.15) is 37.3 Å². The predicted molar refractivity (Wildman–Crippen MR) is 117 cm³/mol. The van der Waals surface area contributed by atoms with Gasteiger partial charge in [-0.05, 0) is 44.7 Å². The highest BCUT2D eigenvalue weighted by Crippen LogP contribution is 2.41. The van der Waals surface area contributed by atoms with Crippen molar-refractivity contribution in [2.24, 2.45) is 0 Å². The summed E-state index contributed by atoms with van der Waals surface area (Å²) in [6.07, 6.45) is 3.14. The van der Waals surface area contributed by atoms with E-state index in [-0.39, 0.29) is 11.4 Å². The molecule has 29 heavy (non-hydrogen) atoms. The van der Waals surface area contributed by atoms with Gasteiger partial charge in [0.05, 0.1) is 11.3 Å². The number of thioether (sulfide) groups is 1. The molecule has 0 aliphatic heterocycles. The topological polar surface area (TPSA) is 59.8 Å². The summed E-state index contributed by atoms with van der Waals surface area (Å²) in [7, 11) is 0. The average Bonchev–Trinajstić information content (AvgIpc) is 3.13. The Kier molecular flexibility index (Phi) is 5.72. The predicted octanol–water partition coefficient (Wildman–Crippen LogP) is 4.56. The zero-order chi connectivity index (χ0) is 20.3. The van der Waals surface area contributed by atoms with Crippen LogP contribution >= 0.6 is 11.8 Å². The normalized spacial score (nSPS) is 15.0. The third-order valence-corrected chi connectivity index (χ3v) is 6.52. The summed E-state index contributed by atoms with van der Waals surface area (Å²) < 4.78 is 2.07. The maximum Gasteiger partial charge on any atom is 0.231 e. The maximum atomic E-state index is 12.7. The van der Waals surface area contributed by atoms with E-state index in [1.165, 1.54) is 22.9 Å². The fraction of sp³-hybridized carbons (Fsp3) is 0.348. The van der Waals surface area contributed by atoms with Gasteiger partial charge >= 0.3 is 0 Å². The van der Waals surface area contributed by atoms with Gasteiger partial charge in [0.1, 0.15) is 0 Å². The van der Waals surface area contributed by atoms with E-state index in [9.17, 15) is 4.79 Å². The molecule has 1 amide bonds. The third kappa shape index (κ3) is 4.08. The molecular formula is C23H26N4OS. The van der Waals surface area contributed by atoms with Crippen LogP contribution < -0.4 is 5.32 Å². The van der Waals surface area contributed by atoms with E-state index in [0.29, 0.717) is 5.75 Å². The third-order valence-electron chi connectivity index (χ3n) is 5.55. The summed E-state index contributed by atoms with van der Waals surface area (Å²) in [6, 6.07) is 18.5. The minimum Gasteiger partial charge on any atom is -0.346 e. The first-order chi connectivity index (χ1) is 14.1. The number of aromatic nitrogens is 3. The lowest BCUT2D eigenvalue weighted by Gasteiger charge is -2.43. The lowest BCUT2D eigenvalue weighted by atomic mass is 9.72. The van der Waals surface area contributed by atoms with Crippen molar-refractivity contribution in [2.45, 2.75) is 50.4 Å². The maximum absolute atomic E-state index is 12.7. The van der Waals surface area contributed by atoms with Gasteiger partial charge < -0.3 is 9.88 Å². The monoisotopic (exact) mass is 406 g/mol. The molecular weight excluding hydrogens is 380 g/mol. The van der Waals surface area contributed by atoms with Gasteiger partial charge in [0.2, 0.25) is 5.91 Å². The van der Waals surface area contributed by atoms with Crippen LogP contribution in [0.4, 0.5) is 0 Å². The zero-order valence-electron chi connectivity index (χ0n) is 16.9. The smallest absolute Gasteiger partial charge is 0.231 e. The molecule has 6 heteroatoms. The number of carbonyl (C=O) groups is 1. The van der Waals surface area contributed by atoms with E-state index in [2.05, 4.69) is 58.2 Å². The van der Waals surface area contributed by atoms with Crippen LogP contribution in [-0.4, -0.2) is 26.4 Å². The van der Waals surface area contributed by atoms with Crippen molar-refractivity contribution in [3.05, 3.63) is 65.7 Å². The van der Waals surface area contributed by atoms with Gasteiger partial charge in [-0.25, -0.2) is 0 Å². The van der Waals surface area contributed by atoms with E-state index >= 15 is 0 Å². The second-order valence-corrected chi connectivity index (χ2v) is 8.50. The molecule has 4 rings (SSSR count). The molecule has 3 aromatic rings. The van der Waals surface area contributed by atoms with Gasteiger partial charge in [-0.15, -0.1) is 10.2 Å². The van der Waals surface area contributed by atoms with Crippen molar-refractivity contribution >= 4 is 17.7 Å². The first-order valence-electron chi connectivity index (χ1n) is 10.1. The Hall–Kier alpha value is -2.60. The van der Waals surface area contributed by atoms with Crippen LogP contribution in [0.25, 0.3) is 11.4 Å². The lowest BCUT2D eigenvalue weighted by Crippen LogP contribution is -2.51. The Morgan fingerprint density at radius 3 is 2.59 bits per heavy atom. The molecule has 0 spiro atoms. The first-order valence-corrected chi connectivity index (χ1v) is 11.1. The van der Waals surface area contributed by atoms with Crippen molar-refractivity contribution in [1.82, 2.24) is 20.1 Å². The quantitative estimate of drug-likeness (QED) is 0.584. The molecule has 0 saturated heterocycles. The summed E-state index contributed by atoms with van der Waals surface area (Å²) in [6.45, 7) is 4.90. The fourth-order valence-corrected chi connectivity index (χ4v) is 4.69. The molecule has 0 radical (unpaired) electrons. The van der Waals surface area contributed by atoms with Gasteiger partial charge in [0.15, 0.2) is 11.0 Å². The molecule has 0 atom stereocenters. The first kappa shape index (κ1) is 19.7. The van der Waals surface area contributed by atoms with Crippen molar-refractivity contribution < 1.29 is 4.79 Å². The highest BCUT2D eigenvalue weighted by Gasteiger charge is 2.39. The minimum atomic E-state index is -0.204. The van der Waals surface area contributed by atoms with Gasteiger partial charge in [0, 0.05) is 12.1 Å². The van der Waals surface area contributed by atoms with E-state index in [1.807, 2.05) is 30.3 Å². The fourth-order valence-electron chi connectivity index (χ4n) is 3.88. The SMILES string of the molecule is CCn1c(SCC(=O)NC2(c3ccccc3)CCC2)nnc1-c1cccc(C)c1. The van der Waals surface area contributed by atoms with E-state index in [4.69, 9.17) is 0 Å². The van der Waals surface area contributed by atoms with Crippen molar-refractivity contribution in [2.75, 3.05) is 5.75 Å². The average molecular weight is 407 g/mol. The number of aryl methyl sites for hydroxylation is 1. The number of benzene rings is 2. The van der Waals surface area contributed by atoms with Crippen LogP contribution in [0.15, 0.2) is 59.8 Å². The van der Waals surface area contributed by atoms with Crippen molar-refractivity contribution in [3.8, 4) is 11.4 Å². The molecule has 150 valence electrons.